The Morgan fingerprint density at radius 1 is 0.947 bits per heavy atom. The molecule has 0 atom stereocenters. The smallest absolute Gasteiger partial charge is 0.0573 e. The van der Waals surface area contributed by atoms with Gasteiger partial charge in [0.1, 0.15) is 0 Å². The molecule has 0 unspecified atom stereocenters. The molecule has 0 radical (unpaired) electrons. The lowest BCUT2D eigenvalue weighted by molar-refractivity contribution is 0.427. The standard InChI is InChI=1S/C17H35NSi/c1-5-13-19(14-6-2,15-7-3)16-10-17(4)18-11-8-9-12-18/h10H,5-9,11-16H2,1-4H3/b17-10-. The van der Waals surface area contributed by atoms with Gasteiger partial charge < -0.3 is 4.90 Å². The minimum atomic E-state index is -1.01. The second kappa shape index (κ2) is 8.83. The van der Waals surface area contributed by atoms with E-state index in [-0.39, 0.29) is 0 Å². The predicted octanol–water partition coefficient (Wildman–Crippen LogP) is 5.66. The Morgan fingerprint density at radius 2 is 1.42 bits per heavy atom. The molecular formula is C17H35NSi. The van der Waals surface area contributed by atoms with Gasteiger partial charge in [0.05, 0.1) is 8.07 Å². The summed E-state index contributed by atoms with van der Waals surface area (Å²) < 4.78 is 0. The van der Waals surface area contributed by atoms with E-state index in [1.807, 2.05) is 0 Å². The fourth-order valence-electron chi connectivity index (χ4n) is 3.84. The van der Waals surface area contributed by atoms with Crippen molar-refractivity contribution in [3.63, 3.8) is 0 Å². The van der Waals surface area contributed by atoms with Crippen molar-refractivity contribution in [1.82, 2.24) is 4.90 Å². The lowest BCUT2D eigenvalue weighted by atomic mass is 10.4. The highest BCUT2D eigenvalue weighted by molar-refractivity contribution is 6.80. The largest absolute Gasteiger partial charge is 0.375 e. The second-order valence-corrected chi connectivity index (χ2v) is 11.4. The predicted molar refractivity (Wildman–Crippen MR) is 90.4 cm³/mol. The van der Waals surface area contributed by atoms with E-state index in [0.29, 0.717) is 0 Å². The van der Waals surface area contributed by atoms with Crippen molar-refractivity contribution in [2.45, 2.75) is 84.0 Å². The SMILES string of the molecule is CCC[Si](C/C=C(/C)N1CCCC1)(CCC)CCC. The molecule has 0 N–H and O–H groups in total. The molecule has 1 nitrogen and oxygen atoms in total. The molecule has 0 spiro atoms. The first-order valence-corrected chi connectivity index (χ1v) is 11.4. The van der Waals surface area contributed by atoms with Crippen LogP contribution < -0.4 is 0 Å². The molecule has 1 saturated heterocycles. The summed E-state index contributed by atoms with van der Waals surface area (Å²) in [6, 6.07) is 6.06. The summed E-state index contributed by atoms with van der Waals surface area (Å²) in [6.07, 6.45) is 9.58. The normalized spacial score (nSPS) is 17.3. The highest BCUT2D eigenvalue weighted by atomic mass is 28.3. The van der Waals surface area contributed by atoms with E-state index in [0.717, 1.165) is 0 Å². The third kappa shape index (κ3) is 5.33. The zero-order valence-corrected chi connectivity index (χ0v) is 14.8. The topological polar surface area (TPSA) is 3.24 Å². The van der Waals surface area contributed by atoms with Crippen molar-refractivity contribution in [2.24, 2.45) is 0 Å². The molecule has 0 aromatic rings. The van der Waals surface area contributed by atoms with Gasteiger partial charge in [-0.2, -0.15) is 0 Å². The Morgan fingerprint density at radius 3 is 1.84 bits per heavy atom. The summed E-state index contributed by atoms with van der Waals surface area (Å²) in [5.74, 6) is 0. The van der Waals surface area contributed by atoms with Crippen molar-refractivity contribution < 1.29 is 0 Å². The van der Waals surface area contributed by atoms with Crippen LogP contribution in [0.5, 0.6) is 0 Å². The number of rotatable bonds is 9. The number of likely N-dealkylation sites (tertiary alicyclic amines) is 1. The Bertz CT molecular complexity index is 249. The van der Waals surface area contributed by atoms with Gasteiger partial charge in [-0.05, 0) is 25.8 Å². The first-order chi connectivity index (χ1) is 9.17. The van der Waals surface area contributed by atoms with E-state index in [1.165, 1.54) is 51.2 Å². The van der Waals surface area contributed by atoms with E-state index in [4.69, 9.17) is 0 Å². The molecule has 1 heterocycles. The Balaban J connectivity index is 2.65. The molecule has 112 valence electrons. The summed E-state index contributed by atoms with van der Waals surface area (Å²) in [7, 11) is -1.01. The Hall–Kier alpha value is -0.243. The fourth-order valence-corrected chi connectivity index (χ4v) is 9.11. The molecule has 1 rings (SSSR count). The molecular weight excluding hydrogens is 246 g/mol. The Kier molecular flexibility index (Phi) is 7.82. The molecule has 0 bridgehead atoms. The number of hydrogen-bond donors (Lipinski definition) is 0. The maximum atomic E-state index is 2.61. The van der Waals surface area contributed by atoms with E-state index >= 15 is 0 Å². The lowest BCUT2D eigenvalue weighted by Gasteiger charge is -2.31. The maximum Gasteiger partial charge on any atom is 0.0573 e. The molecule has 1 aliphatic heterocycles. The van der Waals surface area contributed by atoms with Gasteiger partial charge in [-0.3, -0.25) is 0 Å². The van der Waals surface area contributed by atoms with Gasteiger partial charge in [0, 0.05) is 18.8 Å². The quantitative estimate of drug-likeness (QED) is 0.493. The van der Waals surface area contributed by atoms with Crippen LogP contribution >= 0.6 is 0 Å². The van der Waals surface area contributed by atoms with Crippen LogP contribution in [0.3, 0.4) is 0 Å². The molecule has 1 fully saturated rings. The van der Waals surface area contributed by atoms with Crippen molar-refractivity contribution in [3.8, 4) is 0 Å². The van der Waals surface area contributed by atoms with Crippen LogP contribution in [0.25, 0.3) is 0 Å². The van der Waals surface area contributed by atoms with Crippen LogP contribution in [0.4, 0.5) is 0 Å². The van der Waals surface area contributed by atoms with Crippen LogP contribution in [0, 0.1) is 0 Å². The van der Waals surface area contributed by atoms with Crippen LogP contribution in [-0.2, 0) is 0 Å². The summed E-state index contributed by atoms with van der Waals surface area (Å²) in [6.45, 7) is 12.1. The molecule has 2 heteroatoms. The van der Waals surface area contributed by atoms with Crippen molar-refractivity contribution in [2.75, 3.05) is 13.1 Å². The van der Waals surface area contributed by atoms with Gasteiger partial charge in [-0.15, -0.1) is 0 Å². The first kappa shape index (κ1) is 16.8. The number of allylic oxidation sites excluding steroid dienone is 2. The summed E-state index contributed by atoms with van der Waals surface area (Å²) in [5, 5.41) is 0. The van der Waals surface area contributed by atoms with Crippen molar-refractivity contribution >= 4 is 8.07 Å². The third-order valence-corrected chi connectivity index (χ3v) is 10.5. The van der Waals surface area contributed by atoms with Gasteiger partial charge in [0.15, 0.2) is 0 Å². The summed E-state index contributed by atoms with van der Waals surface area (Å²) in [4.78, 5) is 2.60. The summed E-state index contributed by atoms with van der Waals surface area (Å²) in [5.41, 5.74) is 1.57. The van der Waals surface area contributed by atoms with Gasteiger partial charge in [0.2, 0.25) is 0 Å². The molecule has 19 heavy (non-hydrogen) atoms. The molecule has 0 aromatic carbocycles. The minimum Gasteiger partial charge on any atom is -0.375 e. The average molecular weight is 282 g/mol. The summed E-state index contributed by atoms with van der Waals surface area (Å²) >= 11 is 0. The van der Waals surface area contributed by atoms with E-state index in [9.17, 15) is 0 Å². The lowest BCUT2D eigenvalue weighted by Crippen LogP contribution is -2.33. The maximum absolute atomic E-state index is 2.61. The number of hydrogen-bond acceptors (Lipinski definition) is 1. The van der Waals surface area contributed by atoms with E-state index in [1.54, 1.807) is 23.8 Å². The zero-order valence-electron chi connectivity index (χ0n) is 13.8. The zero-order chi connectivity index (χ0) is 14.1. The van der Waals surface area contributed by atoms with Crippen molar-refractivity contribution in [1.29, 1.82) is 0 Å². The van der Waals surface area contributed by atoms with Gasteiger partial charge in [-0.25, -0.2) is 0 Å². The Labute approximate surface area is 122 Å². The van der Waals surface area contributed by atoms with Gasteiger partial charge in [0.25, 0.3) is 0 Å². The third-order valence-electron chi connectivity index (χ3n) is 4.78. The van der Waals surface area contributed by atoms with Crippen LogP contribution in [0.15, 0.2) is 11.8 Å². The van der Waals surface area contributed by atoms with Gasteiger partial charge in [-0.1, -0.05) is 64.2 Å². The molecule has 0 aliphatic carbocycles. The number of nitrogens with zero attached hydrogens (tertiary/aromatic N) is 1. The van der Waals surface area contributed by atoms with Gasteiger partial charge >= 0.3 is 0 Å². The monoisotopic (exact) mass is 281 g/mol. The van der Waals surface area contributed by atoms with Crippen LogP contribution in [-0.4, -0.2) is 26.1 Å². The van der Waals surface area contributed by atoms with Crippen LogP contribution in [0.1, 0.15) is 59.8 Å². The minimum absolute atomic E-state index is 1.01. The molecule has 0 aromatic heterocycles. The van der Waals surface area contributed by atoms with Crippen LogP contribution in [0.2, 0.25) is 24.2 Å². The highest BCUT2D eigenvalue weighted by Gasteiger charge is 2.28. The fraction of sp³-hybridized carbons (Fsp3) is 0.882. The molecule has 0 amide bonds. The van der Waals surface area contributed by atoms with Crippen molar-refractivity contribution in [3.05, 3.63) is 11.8 Å². The molecule has 1 aliphatic rings. The van der Waals surface area contributed by atoms with E-state index in [2.05, 4.69) is 38.7 Å². The molecule has 0 saturated carbocycles. The average Bonchev–Trinajstić information content (AvgIpc) is 2.91. The van der Waals surface area contributed by atoms with E-state index < -0.39 is 8.07 Å². The highest BCUT2D eigenvalue weighted by Crippen LogP contribution is 2.31. The first-order valence-electron chi connectivity index (χ1n) is 8.59. The second-order valence-electron chi connectivity index (χ2n) is 6.49.